The zero-order valence-electron chi connectivity index (χ0n) is 18.7. The molecular weight excluding hydrogens is 420 g/mol. The monoisotopic (exact) mass is 444 g/mol. The Morgan fingerprint density at radius 3 is 2.30 bits per heavy atom. The van der Waals surface area contributed by atoms with Crippen LogP contribution in [0.3, 0.4) is 0 Å². The maximum Gasteiger partial charge on any atom is 0.261 e. The molecule has 1 aliphatic heterocycles. The number of amides is 3. The van der Waals surface area contributed by atoms with Crippen molar-refractivity contribution in [2.45, 2.75) is 13.5 Å². The number of fused-ring (bicyclic) bond motifs is 1. The number of aromatic nitrogens is 1. The van der Waals surface area contributed by atoms with E-state index in [0.717, 1.165) is 5.82 Å². The van der Waals surface area contributed by atoms with E-state index in [1.54, 1.807) is 60.8 Å². The number of anilines is 2. The lowest BCUT2D eigenvalue weighted by atomic mass is 10.1. The molecule has 0 radical (unpaired) electrons. The number of ether oxygens (including phenoxy) is 1. The lowest BCUT2D eigenvalue weighted by molar-refractivity contribution is 0.0642. The van der Waals surface area contributed by atoms with Crippen LogP contribution in [0.1, 0.15) is 43.6 Å². The van der Waals surface area contributed by atoms with Gasteiger partial charge in [-0.25, -0.2) is 4.98 Å². The third-order valence-electron chi connectivity index (χ3n) is 5.27. The molecule has 8 heteroatoms. The summed E-state index contributed by atoms with van der Waals surface area (Å²) in [7, 11) is 3.77. The van der Waals surface area contributed by atoms with E-state index in [2.05, 4.69) is 10.3 Å². The van der Waals surface area contributed by atoms with Crippen LogP contribution in [0.15, 0.2) is 60.8 Å². The number of pyridine rings is 1. The van der Waals surface area contributed by atoms with Gasteiger partial charge in [0.2, 0.25) is 0 Å². The molecule has 1 aliphatic rings. The SMILES string of the molecule is CCOc1ccc(CN2C(=O)c3ccccc3C2=O)cc1C(=O)Nc1ccc(N(C)C)nc1. The van der Waals surface area contributed by atoms with Gasteiger partial charge >= 0.3 is 0 Å². The van der Waals surface area contributed by atoms with E-state index in [4.69, 9.17) is 4.74 Å². The molecule has 0 bridgehead atoms. The fraction of sp³-hybridized carbons (Fsp3) is 0.200. The summed E-state index contributed by atoms with van der Waals surface area (Å²) in [5.41, 5.74) is 2.26. The number of benzene rings is 2. The number of carbonyl (C=O) groups excluding carboxylic acids is 3. The molecular formula is C25H24N4O4. The Labute approximate surface area is 191 Å². The van der Waals surface area contributed by atoms with Crippen LogP contribution in [-0.4, -0.2) is 48.3 Å². The molecule has 4 rings (SSSR count). The topological polar surface area (TPSA) is 91.8 Å². The van der Waals surface area contributed by atoms with Crippen LogP contribution in [0.25, 0.3) is 0 Å². The standard InChI is InChI=1S/C25H24N4O4/c1-4-33-21-11-9-16(15-29-24(31)18-7-5-6-8-19(18)25(29)32)13-20(21)23(30)27-17-10-12-22(26-14-17)28(2)3/h5-14H,4,15H2,1-3H3,(H,27,30). The summed E-state index contributed by atoms with van der Waals surface area (Å²) < 4.78 is 5.63. The minimum atomic E-state index is -0.373. The predicted molar refractivity (Wildman–Crippen MR) is 125 cm³/mol. The summed E-state index contributed by atoms with van der Waals surface area (Å²) in [6, 6.07) is 15.4. The van der Waals surface area contributed by atoms with Crippen molar-refractivity contribution in [2.75, 3.05) is 30.9 Å². The van der Waals surface area contributed by atoms with Gasteiger partial charge in [-0.05, 0) is 48.9 Å². The highest BCUT2D eigenvalue weighted by Crippen LogP contribution is 2.27. The van der Waals surface area contributed by atoms with E-state index in [1.165, 1.54) is 4.90 Å². The molecule has 0 spiro atoms. The fourth-order valence-electron chi connectivity index (χ4n) is 3.62. The summed E-state index contributed by atoms with van der Waals surface area (Å²) in [4.78, 5) is 45.8. The lowest BCUT2D eigenvalue weighted by Crippen LogP contribution is -2.29. The minimum Gasteiger partial charge on any atom is -0.493 e. The van der Waals surface area contributed by atoms with Gasteiger partial charge < -0.3 is 15.0 Å². The number of carbonyl (C=O) groups is 3. The Balaban J connectivity index is 1.57. The molecule has 8 nitrogen and oxygen atoms in total. The number of nitrogens with zero attached hydrogens (tertiary/aromatic N) is 3. The number of rotatable bonds is 7. The maximum atomic E-state index is 13.0. The zero-order chi connectivity index (χ0) is 23.5. The summed E-state index contributed by atoms with van der Waals surface area (Å²) >= 11 is 0. The Morgan fingerprint density at radius 1 is 1.03 bits per heavy atom. The van der Waals surface area contributed by atoms with Crippen LogP contribution in [-0.2, 0) is 6.54 Å². The van der Waals surface area contributed by atoms with Crippen LogP contribution in [0.2, 0.25) is 0 Å². The molecule has 0 unspecified atom stereocenters. The molecule has 3 amide bonds. The molecule has 1 N–H and O–H groups in total. The van der Waals surface area contributed by atoms with Crippen LogP contribution in [0, 0.1) is 0 Å². The van der Waals surface area contributed by atoms with Crippen molar-refractivity contribution in [3.8, 4) is 5.75 Å². The van der Waals surface area contributed by atoms with E-state index < -0.39 is 0 Å². The molecule has 3 aromatic rings. The smallest absolute Gasteiger partial charge is 0.261 e. The van der Waals surface area contributed by atoms with Crippen molar-refractivity contribution in [2.24, 2.45) is 0 Å². The minimum absolute atomic E-state index is 0.0537. The van der Waals surface area contributed by atoms with Crippen LogP contribution >= 0.6 is 0 Å². The zero-order valence-corrected chi connectivity index (χ0v) is 18.7. The summed E-state index contributed by atoms with van der Waals surface area (Å²) in [5.74, 6) is 0.122. The van der Waals surface area contributed by atoms with Gasteiger partial charge in [0.15, 0.2) is 0 Å². The molecule has 2 aromatic carbocycles. The predicted octanol–water partition coefficient (Wildman–Crippen LogP) is 3.59. The molecule has 1 aromatic heterocycles. The maximum absolute atomic E-state index is 13.0. The van der Waals surface area contributed by atoms with Crippen LogP contribution in [0.4, 0.5) is 11.5 Å². The van der Waals surface area contributed by atoms with Crippen molar-refractivity contribution in [1.82, 2.24) is 9.88 Å². The van der Waals surface area contributed by atoms with Crippen LogP contribution in [0.5, 0.6) is 5.75 Å². The van der Waals surface area contributed by atoms with Crippen molar-refractivity contribution in [3.05, 3.63) is 83.0 Å². The van der Waals surface area contributed by atoms with Gasteiger partial charge in [-0.3, -0.25) is 19.3 Å². The Hall–Kier alpha value is -4.20. The third-order valence-corrected chi connectivity index (χ3v) is 5.27. The normalized spacial score (nSPS) is 12.5. The molecule has 168 valence electrons. The van der Waals surface area contributed by atoms with Gasteiger partial charge in [0.1, 0.15) is 11.6 Å². The Kier molecular flexibility index (Phi) is 6.08. The van der Waals surface area contributed by atoms with E-state index in [9.17, 15) is 14.4 Å². The third kappa shape index (κ3) is 4.41. The highest BCUT2D eigenvalue weighted by atomic mass is 16.5. The lowest BCUT2D eigenvalue weighted by Gasteiger charge is -2.17. The van der Waals surface area contributed by atoms with Crippen molar-refractivity contribution in [1.29, 1.82) is 0 Å². The van der Waals surface area contributed by atoms with E-state index in [1.807, 2.05) is 25.9 Å². The quantitative estimate of drug-likeness (QED) is 0.560. The number of nitrogens with one attached hydrogen (secondary N) is 1. The molecule has 0 saturated heterocycles. The molecule has 0 fully saturated rings. The van der Waals surface area contributed by atoms with Gasteiger partial charge in [0.05, 0.1) is 41.7 Å². The average molecular weight is 444 g/mol. The van der Waals surface area contributed by atoms with Gasteiger partial charge in [0, 0.05) is 14.1 Å². The summed E-state index contributed by atoms with van der Waals surface area (Å²) in [6.07, 6.45) is 1.58. The van der Waals surface area contributed by atoms with Crippen LogP contribution < -0.4 is 15.0 Å². The number of imide groups is 1. The van der Waals surface area contributed by atoms with Gasteiger partial charge in [-0.15, -0.1) is 0 Å². The number of hydrogen-bond acceptors (Lipinski definition) is 6. The van der Waals surface area contributed by atoms with Gasteiger partial charge in [-0.1, -0.05) is 18.2 Å². The highest BCUT2D eigenvalue weighted by molar-refractivity contribution is 6.21. The first-order chi connectivity index (χ1) is 15.9. The van der Waals surface area contributed by atoms with Gasteiger partial charge in [-0.2, -0.15) is 0 Å². The molecule has 0 atom stereocenters. The second-order valence-corrected chi connectivity index (χ2v) is 7.76. The Morgan fingerprint density at radius 2 is 1.73 bits per heavy atom. The second-order valence-electron chi connectivity index (χ2n) is 7.76. The first-order valence-corrected chi connectivity index (χ1v) is 10.5. The highest BCUT2D eigenvalue weighted by Gasteiger charge is 2.35. The first kappa shape index (κ1) is 22.0. The summed E-state index contributed by atoms with van der Waals surface area (Å²) in [6.45, 7) is 2.27. The van der Waals surface area contributed by atoms with Crippen molar-refractivity contribution in [3.63, 3.8) is 0 Å². The molecule has 0 aliphatic carbocycles. The molecule has 33 heavy (non-hydrogen) atoms. The molecule has 2 heterocycles. The second kappa shape index (κ2) is 9.12. The van der Waals surface area contributed by atoms with Crippen molar-refractivity contribution >= 4 is 29.2 Å². The average Bonchev–Trinajstić information content (AvgIpc) is 3.05. The Bertz CT molecular complexity index is 1190. The largest absolute Gasteiger partial charge is 0.493 e. The van der Waals surface area contributed by atoms with E-state index in [0.29, 0.717) is 40.3 Å². The fourth-order valence-corrected chi connectivity index (χ4v) is 3.62. The molecule has 0 saturated carbocycles. The van der Waals surface area contributed by atoms with E-state index >= 15 is 0 Å². The van der Waals surface area contributed by atoms with E-state index in [-0.39, 0.29) is 24.3 Å². The van der Waals surface area contributed by atoms with Crippen molar-refractivity contribution < 1.29 is 19.1 Å². The number of hydrogen-bond donors (Lipinski definition) is 1. The van der Waals surface area contributed by atoms with Gasteiger partial charge in [0.25, 0.3) is 17.7 Å². The summed E-state index contributed by atoms with van der Waals surface area (Å²) in [5, 5.41) is 2.83. The first-order valence-electron chi connectivity index (χ1n) is 10.5.